The minimum absolute atomic E-state index is 0.0746. The van der Waals surface area contributed by atoms with Crippen LogP contribution < -0.4 is 4.74 Å². The van der Waals surface area contributed by atoms with E-state index in [1.807, 2.05) is 12.1 Å². The molecule has 0 aliphatic carbocycles. The number of ether oxygens (including phenoxy) is 3. The van der Waals surface area contributed by atoms with Gasteiger partial charge in [-0.15, -0.1) is 0 Å². The largest absolute Gasteiger partial charge is 0.490 e. The predicted octanol–water partition coefficient (Wildman–Crippen LogP) is 3.70. The Kier molecular flexibility index (Phi) is 9.27. The molecule has 0 aromatic heterocycles. The second-order valence-corrected chi connectivity index (χ2v) is 7.68. The van der Waals surface area contributed by atoms with Crippen molar-refractivity contribution in [3.8, 4) is 11.8 Å². The van der Waals surface area contributed by atoms with Crippen molar-refractivity contribution in [1.29, 1.82) is 5.26 Å². The van der Waals surface area contributed by atoms with Gasteiger partial charge in [-0.2, -0.15) is 5.26 Å². The Balaban J connectivity index is 2.03. The molecular formula is C22H24BrNO6. The highest BCUT2D eigenvalue weighted by Crippen LogP contribution is 2.27. The van der Waals surface area contributed by atoms with Crippen LogP contribution in [-0.2, 0) is 14.3 Å². The first-order chi connectivity index (χ1) is 14.3. The van der Waals surface area contributed by atoms with E-state index in [9.17, 15) is 15.0 Å². The topological polar surface area (TPSA) is 109 Å². The van der Waals surface area contributed by atoms with E-state index in [-0.39, 0.29) is 19.3 Å². The van der Waals surface area contributed by atoms with Gasteiger partial charge < -0.3 is 24.4 Å². The molecule has 0 fully saturated rings. The second kappa shape index (κ2) is 11.7. The molecule has 0 aliphatic rings. The molecule has 2 N–H and O–H groups in total. The van der Waals surface area contributed by atoms with Crippen molar-refractivity contribution >= 4 is 21.9 Å². The van der Waals surface area contributed by atoms with Crippen LogP contribution in [0.1, 0.15) is 31.1 Å². The van der Waals surface area contributed by atoms with Crippen molar-refractivity contribution in [1.82, 2.24) is 0 Å². The molecule has 2 aromatic carbocycles. The standard InChI is InChI=1S/C22H24BrNO6/c1-14(2)30-21(22(26)27)20(16-6-4-3-5-7-16)29-13-17(25)12-28-19-9-8-15(11-24)10-18(19)23/h3-10,14,17,20-21,25H,12-13H2,1-2H3,(H,26,27). The summed E-state index contributed by atoms with van der Waals surface area (Å²) in [4.78, 5) is 11.8. The Labute approximate surface area is 183 Å². The van der Waals surface area contributed by atoms with Crippen molar-refractivity contribution in [3.63, 3.8) is 0 Å². The summed E-state index contributed by atoms with van der Waals surface area (Å²) in [5, 5.41) is 28.8. The number of carboxylic acids is 1. The van der Waals surface area contributed by atoms with Gasteiger partial charge in [-0.25, -0.2) is 4.79 Å². The van der Waals surface area contributed by atoms with Gasteiger partial charge in [0.1, 0.15) is 24.6 Å². The van der Waals surface area contributed by atoms with Crippen LogP contribution in [0.3, 0.4) is 0 Å². The average molecular weight is 478 g/mol. The highest BCUT2D eigenvalue weighted by molar-refractivity contribution is 9.10. The highest BCUT2D eigenvalue weighted by atomic mass is 79.9. The molecule has 2 aromatic rings. The number of carboxylic acid groups (broad SMARTS) is 1. The number of halogens is 1. The number of rotatable bonds is 11. The summed E-state index contributed by atoms with van der Waals surface area (Å²) in [5.41, 5.74) is 1.11. The summed E-state index contributed by atoms with van der Waals surface area (Å²) in [6.07, 6.45) is -3.45. The normalized spacial score (nSPS) is 14.0. The number of aliphatic hydroxyl groups is 1. The lowest BCUT2D eigenvalue weighted by atomic mass is 10.0. The fraction of sp³-hybridized carbons (Fsp3) is 0.364. The van der Waals surface area contributed by atoms with E-state index >= 15 is 0 Å². The monoisotopic (exact) mass is 477 g/mol. The Morgan fingerprint density at radius 2 is 1.87 bits per heavy atom. The fourth-order valence-corrected chi connectivity index (χ4v) is 3.18. The van der Waals surface area contributed by atoms with E-state index in [4.69, 9.17) is 19.5 Å². The van der Waals surface area contributed by atoms with Gasteiger partial charge in [0.2, 0.25) is 0 Å². The summed E-state index contributed by atoms with van der Waals surface area (Å²) in [6.45, 7) is 3.26. The van der Waals surface area contributed by atoms with Crippen LogP contribution in [0.25, 0.3) is 0 Å². The number of benzene rings is 2. The molecule has 0 heterocycles. The van der Waals surface area contributed by atoms with Crippen molar-refractivity contribution in [2.45, 2.75) is 38.3 Å². The lowest BCUT2D eigenvalue weighted by molar-refractivity contribution is -0.170. The first-order valence-corrected chi connectivity index (χ1v) is 10.2. The number of nitriles is 1. The Morgan fingerprint density at radius 3 is 2.43 bits per heavy atom. The molecule has 0 radical (unpaired) electrons. The first-order valence-electron chi connectivity index (χ1n) is 9.37. The minimum Gasteiger partial charge on any atom is -0.490 e. The van der Waals surface area contributed by atoms with Crippen LogP contribution in [-0.4, -0.2) is 47.7 Å². The van der Waals surface area contributed by atoms with Crippen molar-refractivity contribution < 1.29 is 29.2 Å². The molecule has 7 nitrogen and oxygen atoms in total. The van der Waals surface area contributed by atoms with Gasteiger partial charge in [0.25, 0.3) is 0 Å². The zero-order valence-corrected chi connectivity index (χ0v) is 18.3. The maximum Gasteiger partial charge on any atom is 0.335 e. The molecule has 0 amide bonds. The number of aliphatic hydroxyl groups excluding tert-OH is 1. The molecule has 160 valence electrons. The number of hydrogen-bond acceptors (Lipinski definition) is 6. The van der Waals surface area contributed by atoms with E-state index in [0.29, 0.717) is 21.3 Å². The van der Waals surface area contributed by atoms with Crippen molar-refractivity contribution in [2.24, 2.45) is 0 Å². The summed E-state index contributed by atoms with van der Waals surface area (Å²) < 4.78 is 17.5. The molecule has 0 bridgehead atoms. The zero-order chi connectivity index (χ0) is 22.1. The summed E-state index contributed by atoms with van der Waals surface area (Å²) in [7, 11) is 0. The first kappa shape index (κ1) is 23.8. The number of hydrogen-bond donors (Lipinski definition) is 2. The van der Waals surface area contributed by atoms with Gasteiger partial charge >= 0.3 is 5.97 Å². The lowest BCUT2D eigenvalue weighted by Gasteiger charge is -2.27. The number of aliphatic carboxylic acids is 1. The zero-order valence-electron chi connectivity index (χ0n) is 16.7. The number of nitrogens with zero attached hydrogens (tertiary/aromatic N) is 1. The fourth-order valence-electron chi connectivity index (χ4n) is 2.69. The molecule has 0 spiro atoms. The quantitative estimate of drug-likeness (QED) is 0.507. The van der Waals surface area contributed by atoms with E-state index in [1.54, 1.807) is 56.3 Å². The third-order valence-electron chi connectivity index (χ3n) is 4.03. The molecular weight excluding hydrogens is 454 g/mol. The Morgan fingerprint density at radius 1 is 1.17 bits per heavy atom. The van der Waals surface area contributed by atoms with Crippen LogP contribution in [0.5, 0.6) is 5.75 Å². The average Bonchev–Trinajstić information content (AvgIpc) is 2.72. The van der Waals surface area contributed by atoms with Gasteiger partial charge in [-0.3, -0.25) is 0 Å². The van der Waals surface area contributed by atoms with Gasteiger partial charge in [-0.05, 0) is 53.5 Å². The SMILES string of the molecule is CC(C)OC(C(=O)O)C(OCC(O)COc1ccc(C#N)cc1Br)c1ccccc1. The molecule has 2 rings (SSSR count). The maximum atomic E-state index is 11.8. The van der Waals surface area contributed by atoms with Gasteiger partial charge in [0.15, 0.2) is 6.10 Å². The van der Waals surface area contributed by atoms with Crippen LogP contribution in [0.4, 0.5) is 0 Å². The van der Waals surface area contributed by atoms with Crippen molar-refractivity contribution in [2.75, 3.05) is 13.2 Å². The third kappa shape index (κ3) is 7.11. The van der Waals surface area contributed by atoms with E-state index < -0.39 is 24.3 Å². The molecule has 8 heteroatoms. The molecule has 0 aliphatic heterocycles. The summed E-state index contributed by atoms with van der Waals surface area (Å²) >= 11 is 3.32. The van der Waals surface area contributed by atoms with Gasteiger partial charge in [0, 0.05) is 0 Å². The van der Waals surface area contributed by atoms with Crippen LogP contribution in [0.2, 0.25) is 0 Å². The minimum atomic E-state index is -1.23. The van der Waals surface area contributed by atoms with E-state index in [1.165, 1.54) is 0 Å². The van der Waals surface area contributed by atoms with E-state index in [0.717, 1.165) is 0 Å². The van der Waals surface area contributed by atoms with Crippen molar-refractivity contribution in [3.05, 3.63) is 64.1 Å². The molecule has 30 heavy (non-hydrogen) atoms. The summed E-state index contributed by atoms with van der Waals surface area (Å²) in [6, 6.07) is 15.8. The molecule has 3 atom stereocenters. The maximum absolute atomic E-state index is 11.8. The van der Waals surface area contributed by atoms with Crippen LogP contribution in [0, 0.1) is 11.3 Å². The Hall–Kier alpha value is -2.44. The van der Waals surface area contributed by atoms with Gasteiger partial charge in [-0.1, -0.05) is 30.3 Å². The van der Waals surface area contributed by atoms with Crippen LogP contribution in [0.15, 0.2) is 53.0 Å². The van der Waals surface area contributed by atoms with E-state index in [2.05, 4.69) is 15.9 Å². The lowest BCUT2D eigenvalue weighted by Crippen LogP contribution is -2.36. The molecule has 3 unspecified atom stereocenters. The molecule has 0 saturated heterocycles. The van der Waals surface area contributed by atoms with Crippen LogP contribution >= 0.6 is 15.9 Å². The smallest absolute Gasteiger partial charge is 0.335 e. The van der Waals surface area contributed by atoms with Gasteiger partial charge in [0.05, 0.1) is 28.8 Å². The highest BCUT2D eigenvalue weighted by Gasteiger charge is 2.32. The summed E-state index contributed by atoms with van der Waals surface area (Å²) in [5.74, 6) is -0.677. The second-order valence-electron chi connectivity index (χ2n) is 6.83. The Bertz CT molecular complexity index is 868. The number of carbonyl (C=O) groups is 1. The third-order valence-corrected chi connectivity index (χ3v) is 4.65. The predicted molar refractivity (Wildman–Crippen MR) is 113 cm³/mol. The molecule has 0 saturated carbocycles.